The third-order valence-corrected chi connectivity index (χ3v) is 6.20. The first-order valence-corrected chi connectivity index (χ1v) is 10.9. The zero-order chi connectivity index (χ0) is 22.3. The molecule has 0 saturated heterocycles. The molecule has 0 amide bonds. The highest BCUT2D eigenvalue weighted by molar-refractivity contribution is 7.99. The van der Waals surface area contributed by atoms with E-state index in [0.29, 0.717) is 29.7 Å². The predicted molar refractivity (Wildman–Crippen MR) is 114 cm³/mol. The van der Waals surface area contributed by atoms with Crippen molar-refractivity contribution in [1.82, 2.24) is 14.6 Å². The van der Waals surface area contributed by atoms with Gasteiger partial charge in [0.2, 0.25) is 0 Å². The number of halogens is 3. The van der Waals surface area contributed by atoms with Crippen LogP contribution in [0.1, 0.15) is 43.8 Å². The first kappa shape index (κ1) is 21.7. The molecule has 11 heteroatoms. The number of aromatic nitrogens is 2. The lowest BCUT2D eigenvalue weighted by atomic mass is 10.1. The Balaban J connectivity index is 1.71. The highest BCUT2D eigenvalue weighted by atomic mass is 32.2. The Morgan fingerprint density at radius 1 is 1.29 bits per heavy atom. The molecule has 166 valence electrons. The van der Waals surface area contributed by atoms with Crippen LogP contribution in [0.4, 0.5) is 13.2 Å². The molecule has 1 unspecified atom stereocenters. The van der Waals surface area contributed by atoms with Crippen LogP contribution in [0, 0.1) is 5.92 Å². The number of oxime groups is 1. The average Bonchev–Trinajstić information content (AvgIpc) is 3.35. The number of hydrogen-bond donors (Lipinski definition) is 0. The van der Waals surface area contributed by atoms with Crippen molar-refractivity contribution >= 4 is 29.5 Å². The molecule has 0 N–H and O–H groups in total. The zero-order valence-electron chi connectivity index (χ0n) is 17.5. The number of imidazole rings is 1. The molecule has 0 radical (unpaired) electrons. The molecule has 0 bridgehead atoms. The zero-order valence-corrected chi connectivity index (χ0v) is 18.3. The van der Waals surface area contributed by atoms with Gasteiger partial charge in [-0.25, -0.2) is 15.0 Å². The summed E-state index contributed by atoms with van der Waals surface area (Å²) >= 11 is 1.56. The van der Waals surface area contributed by atoms with Gasteiger partial charge in [0, 0.05) is 26.4 Å². The predicted octanol–water partition coefficient (Wildman–Crippen LogP) is 4.44. The fraction of sp³-hybridized carbons (Fsp3) is 0.500. The van der Waals surface area contributed by atoms with Crippen molar-refractivity contribution in [1.29, 1.82) is 0 Å². The fourth-order valence-corrected chi connectivity index (χ4v) is 4.28. The minimum atomic E-state index is -4.54. The highest BCUT2D eigenvalue weighted by Crippen LogP contribution is 2.40. The van der Waals surface area contributed by atoms with Gasteiger partial charge in [-0.1, -0.05) is 18.7 Å². The van der Waals surface area contributed by atoms with E-state index < -0.39 is 11.7 Å². The Labute approximate surface area is 182 Å². The van der Waals surface area contributed by atoms with Gasteiger partial charge >= 0.3 is 6.18 Å². The van der Waals surface area contributed by atoms with Gasteiger partial charge in [-0.2, -0.15) is 18.3 Å². The summed E-state index contributed by atoms with van der Waals surface area (Å²) in [6, 6.07) is 0. The summed E-state index contributed by atoms with van der Waals surface area (Å²) in [5, 5.41) is 10.3. The van der Waals surface area contributed by atoms with E-state index in [1.165, 1.54) is 12.1 Å². The van der Waals surface area contributed by atoms with Gasteiger partial charge in [0.25, 0.3) is 0 Å². The Morgan fingerprint density at radius 3 is 2.68 bits per heavy atom. The van der Waals surface area contributed by atoms with Crippen molar-refractivity contribution in [3.8, 4) is 0 Å². The number of hydrogen-bond acceptors (Lipinski definition) is 7. The second-order valence-electron chi connectivity index (χ2n) is 7.56. The Kier molecular flexibility index (Phi) is 5.71. The summed E-state index contributed by atoms with van der Waals surface area (Å²) < 4.78 is 41.4. The molecule has 1 atom stereocenters. The molecule has 1 aliphatic carbocycles. The molecule has 31 heavy (non-hydrogen) atoms. The molecule has 3 heterocycles. The first-order chi connectivity index (χ1) is 14.7. The van der Waals surface area contributed by atoms with Crippen LogP contribution < -0.4 is 0 Å². The van der Waals surface area contributed by atoms with Crippen LogP contribution >= 0.6 is 11.8 Å². The summed E-state index contributed by atoms with van der Waals surface area (Å²) in [6.07, 6.45) is -0.209. The van der Waals surface area contributed by atoms with Gasteiger partial charge in [-0.3, -0.25) is 0 Å². The number of hydrazone groups is 1. The number of allylic oxidation sites excluding steroid dienone is 2. The smallest absolute Gasteiger partial charge is 0.384 e. The second kappa shape index (κ2) is 8.18. The Morgan fingerprint density at radius 2 is 2.03 bits per heavy atom. The van der Waals surface area contributed by atoms with E-state index in [0.717, 1.165) is 41.6 Å². The molecule has 1 fully saturated rings. The van der Waals surface area contributed by atoms with Crippen LogP contribution in [0.3, 0.4) is 0 Å². The lowest BCUT2D eigenvalue weighted by Gasteiger charge is -2.18. The summed E-state index contributed by atoms with van der Waals surface area (Å²) in [7, 11) is 3.43. The maximum absolute atomic E-state index is 13.1. The molecule has 1 saturated carbocycles. The normalized spacial score (nSPS) is 24.7. The van der Waals surface area contributed by atoms with Gasteiger partial charge in [-0.15, -0.1) is 11.8 Å². The van der Waals surface area contributed by atoms with Gasteiger partial charge in [-0.05, 0) is 24.7 Å². The van der Waals surface area contributed by atoms with Crippen LogP contribution in [-0.2, 0) is 11.9 Å². The number of alkyl halides is 3. The molecule has 0 aromatic carbocycles. The molecule has 7 nitrogen and oxygen atoms in total. The maximum atomic E-state index is 13.1. The van der Waals surface area contributed by atoms with Gasteiger partial charge in [0.15, 0.2) is 17.8 Å². The van der Waals surface area contributed by atoms with Crippen LogP contribution in [0.2, 0.25) is 0 Å². The van der Waals surface area contributed by atoms with Crippen molar-refractivity contribution in [3.63, 3.8) is 0 Å². The Hall–Kier alpha value is -2.56. The summed E-state index contributed by atoms with van der Waals surface area (Å²) in [5.74, 6) is 2.31. The average molecular weight is 453 g/mol. The lowest BCUT2D eigenvalue weighted by molar-refractivity contribution is -0.0857. The van der Waals surface area contributed by atoms with Crippen molar-refractivity contribution in [2.75, 3.05) is 12.8 Å². The van der Waals surface area contributed by atoms with E-state index in [4.69, 9.17) is 9.82 Å². The van der Waals surface area contributed by atoms with Gasteiger partial charge in [0.1, 0.15) is 10.7 Å². The fourth-order valence-electron chi connectivity index (χ4n) is 3.45. The van der Waals surface area contributed by atoms with Crippen molar-refractivity contribution in [3.05, 3.63) is 35.4 Å². The molecule has 2 aliphatic heterocycles. The third kappa shape index (κ3) is 4.41. The maximum Gasteiger partial charge on any atom is 0.418 e. The minimum Gasteiger partial charge on any atom is -0.384 e. The van der Waals surface area contributed by atoms with Gasteiger partial charge < -0.3 is 9.40 Å². The van der Waals surface area contributed by atoms with E-state index in [9.17, 15) is 13.2 Å². The van der Waals surface area contributed by atoms with Crippen LogP contribution in [-0.4, -0.2) is 51.3 Å². The topological polar surface area (TPSA) is 67.4 Å². The van der Waals surface area contributed by atoms with E-state index in [1.807, 2.05) is 18.5 Å². The number of aliphatic imine (C=N–C) groups is 1. The van der Waals surface area contributed by atoms with Crippen LogP contribution in [0.5, 0.6) is 0 Å². The first-order valence-electron chi connectivity index (χ1n) is 9.95. The summed E-state index contributed by atoms with van der Waals surface area (Å²) in [6.45, 7) is 5.69. The monoisotopic (exact) mass is 452 g/mol. The van der Waals surface area contributed by atoms with Crippen molar-refractivity contribution in [2.24, 2.45) is 28.2 Å². The second-order valence-corrected chi connectivity index (χ2v) is 8.82. The summed E-state index contributed by atoms with van der Waals surface area (Å²) in [5.41, 5.74) is 0.650. The Bertz CT molecular complexity index is 1020. The quantitative estimate of drug-likeness (QED) is 0.620. The standard InChI is InChI=1S/C20H23F3N6OS/c1-5-31-19-16(18-25-11(2)8-13(20(21,22)23)10-24-29(18)4)26-17(28(19)3)15-9-14(27-30-15)12-6-7-12/h8,10,12,15H,2,5-7,9H2,1,3-4H3/b13-8+,24-10-,25-18?. The third-order valence-electron chi connectivity index (χ3n) is 5.17. The number of rotatable bonds is 5. The lowest BCUT2D eigenvalue weighted by Crippen LogP contribution is -2.26. The van der Waals surface area contributed by atoms with E-state index in [1.54, 1.807) is 11.8 Å². The molecular formula is C20H23F3N6OS. The van der Waals surface area contributed by atoms with Crippen molar-refractivity contribution in [2.45, 2.75) is 43.5 Å². The van der Waals surface area contributed by atoms with Gasteiger partial charge in [0.05, 0.1) is 23.2 Å². The highest BCUT2D eigenvalue weighted by Gasteiger charge is 2.38. The molecule has 0 spiro atoms. The minimum absolute atomic E-state index is 0.0311. The molecular weight excluding hydrogens is 429 g/mol. The molecule has 1 aromatic rings. The van der Waals surface area contributed by atoms with E-state index >= 15 is 0 Å². The SMILES string of the molecule is C=C1/C=C(C(F)(F)F)\C=N/N(C)C(c2nc(C3CC(C4CC4)=NO3)n(C)c2SCC)=N1. The number of amidine groups is 1. The van der Waals surface area contributed by atoms with Crippen molar-refractivity contribution < 1.29 is 18.0 Å². The van der Waals surface area contributed by atoms with E-state index in [2.05, 4.69) is 21.8 Å². The molecule has 3 aliphatic rings. The van der Waals surface area contributed by atoms with E-state index in [-0.39, 0.29) is 11.8 Å². The number of thioether (sulfide) groups is 1. The molecule has 4 rings (SSSR count). The number of nitrogens with zero attached hydrogens (tertiary/aromatic N) is 6. The molecule has 1 aromatic heterocycles. The summed E-state index contributed by atoms with van der Waals surface area (Å²) in [4.78, 5) is 14.8. The largest absolute Gasteiger partial charge is 0.418 e. The van der Waals surface area contributed by atoms with Crippen LogP contribution in [0.15, 0.2) is 44.2 Å². The van der Waals surface area contributed by atoms with Crippen LogP contribution in [0.25, 0.3) is 0 Å².